The lowest BCUT2D eigenvalue weighted by Gasteiger charge is -2.14. The van der Waals surface area contributed by atoms with Crippen molar-refractivity contribution in [3.8, 4) is 17.7 Å². The molecule has 0 saturated carbocycles. The SMILES string of the molecule is CCCCCCOc1c(Cl)cc(C(=O)c2c(C)c(C#N)c(=O)n(C)c2O)cc1Cl. The van der Waals surface area contributed by atoms with Crippen molar-refractivity contribution in [2.24, 2.45) is 7.05 Å². The Morgan fingerprint density at radius 3 is 2.41 bits per heavy atom. The van der Waals surface area contributed by atoms with Crippen molar-refractivity contribution in [1.82, 2.24) is 4.57 Å². The molecule has 154 valence electrons. The Labute approximate surface area is 179 Å². The highest BCUT2D eigenvalue weighted by Gasteiger charge is 2.25. The third-order valence-corrected chi connectivity index (χ3v) is 5.21. The van der Waals surface area contributed by atoms with E-state index < -0.39 is 17.2 Å². The minimum atomic E-state index is -0.679. The molecule has 8 heteroatoms. The Hall–Kier alpha value is -2.49. The van der Waals surface area contributed by atoms with Crippen LogP contribution < -0.4 is 10.3 Å². The highest BCUT2D eigenvalue weighted by Crippen LogP contribution is 2.36. The normalized spacial score (nSPS) is 10.6. The summed E-state index contributed by atoms with van der Waals surface area (Å²) in [5.41, 5.74) is -0.829. The summed E-state index contributed by atoms with van der Waals surface area (Å²) in [4.78, 5) is 25.1. The number of benzene rings is 1. The van der Waals surface area contributed by atoms with Crippen LogP contribution in [0.3, 0.4) is 0 Å². The van der Waals surface area contributed by atoms with Crippen LogP contribution in [0.1, 0.15) is 59.7 Å². The van der Waals surface area contributed by atoms with Crippen molar-refractivity contribution < 1.29 is 14.6 Å². The third-order valence-electron chi connectivity index (χ3n) is 4.65. The zero-order valence-electron chi connectivity index (χ0n) is 16.5. The van der Waals surface area contributed by atoms with E-state index in [1.54, 1.807) is 6.07 Å². The van der Waals surface area contributed by atoms with Gasteiger partial charge >= 0.3 is 0 Å². The summed E-state index contributed by atoms with van der Waals surface area (Å²) >= 11 is 12.5. The van der Waals surface area contributed by atoms with E-state index in [-0.39, 0.29) is 32.3 Å². The molecule has 0 aliphatic heterocycles. The van der Waals surface area contributed by atoms with Gasteiger partial charge < -0.3 is 9.84 Å². The maximum Gasteiger partial charge on any atom is 0.271 e. The van der Waals surface area contributed by atoms with Crippen molar-refractivity contribution in [3.63, 3.8) is 0 Å². The van der Waals surface area contributed by atoms with Crippen LogP contribution in [0.15, 0.2) is 16.9 Å². The van der Waals surface area contributed by atoms with Crippen LogP contribution in [0.25, 0.3) is 0 Å². The predicted molar refractivity (Wildman–Crippen MR) is 112 cm³/mol. The quantitative estimate of drug-likeness (QED) is 0.475. The van der Waals surface area contributed by atoms with Crippen molar-refractivity contribution >= 4 is 29.0 Å². The highest BCUT2D eigenvalue weighted by molar-refractivity contribution is 6.38. The molecule has 0 amide bonds. The first-order valence-electron chi connectivity index (χ1n) is 9.23. The Kier molecular flexibility index (Phi) is 7.72. The molecule has 2 rings (SSSR count). The standard InChI is InChI=1S/C21H22Cl2N2O4/c1-4-5-6-7-8-29-19-15(22)9-13(10-16(19)23)18(26)17-12(2)14(11-24)20(27)25(3)21(17)28/h9-10,28H,4-8H2,1-3H3. The molecular formula is C21H22Cl2N2O4. The van der Waals surface area contributed by atoms with Gasteiger partial charge in [-0.3, -0.25) is 14.2 Å². The first kappa shape index (κ1) is 22.8. The molecular weight excluding hydrogens is 415 g/mol. The molecule has 1 N–H and O–H groups in total. The molecule has 0 aliphatic rings. The van der Waals surface area contributed by atoms with E-state index in [1.165, 1.54) is 26.1 Å². The number of ketones is 1. The van der Waals surface area contributed by atoms with Crippen LogP contribution in [0.5, 0.6) is 11.6 Å². The van der Waals surface area contributed by atoms with Crippen molar-refractivity contribution in [1.29, 1.82) is 5.26 Å². The summed E-state index contributed by atoms with van der Waals surface area (Å²) < 4.78 is 6.52. The monoisotopic (exact) mass is 436 g/mol. The smallest absolute Gasteiger partial charge is 0.271 e. The Bertz CT molecular complexity index is 1020. The maximum absolute atomic E-state index is 13.0. The number of pyridine rings is 1. The molecule has 0 bridgehead atoms. The van der Waals surface area contributed by atoms with Gasteiger partial charge in [-0.15, -0.1) is 0 Å². The Morgan fingerprint density at radius 2 is 1.86 bits per heavy atom. The van der Waals surface area contributed by atoms with Crippen LogP contribution in [0, 0.1) is 18.3 Å². The number of hydrogen-bond donors (Lipinski definition) is 1. The lowest BCUT2D eigenvalue weighted by Crippen LogP contribution is -2.24. The van der Waals surface area contributed by atoms with Gasteiger partial charge in [0.15, 0.2) is 11.5 Å². The van der Waals surface area contributed by atoms with E-state index in [2.05, 4.69) is 6.92 Å². The number of ether oxygens (including phenoxy) is 1. The number of nitriles is 1. The maximum atomic E-state index is 13.0. The van der Waals surface area contributed by atoms with E-state index in [0.29, 0.717) is 12.4 Å². The van der Waals surface area contributed by atoms with Gasteiger partial charge in [0.05, 0.1) is 22.2 Å². The second-order valence-corrected chi connectivity index (χ2v) is 7.50. The summed E-state index contributed by atoms with van der Waals surface area (Å²) in [5, 5.41) is 19.9. The van der Waals surface area contributed by atoms with Gasteiger partial charge in [0, 0.05) is 12.6 Å². The van der Waals surface area contributed by atoms with Crippen LogP contribution in [-0.2, 0) is 7.05 Å². The molecule has 0 radical (unpaired) electrons. The first-order valence-corrected chi connectivity index (χ1v) is 9.99. The Morgan fingerprint density at radius 1 is 1.24 bits per heavy atom. The highest BCUT2D eigenvalue weighted by atomic mass is 35.5. The molecule has 29 heavy (non-hydrogen) atoms. The van der Waals surface area contributed by atoms with Gasteiger partial charge in [0.2, 0.25) is 5.88 Å². The number of unbranched alkanes of at least 4 members (excludes halogenated alkanes) is 3. The number of nitrogens with zero attached hydrogens (tertiary/aromatic N) is 2. The van der Waals surface area contributed by atoms with Gasteiger partial charge in [-0.05, 0) is 31.0 Å². The lowest BCUT2D eigenvalue weighted by atomic mass is 9.97. The van der Waals surface area contributed by atoms with Gasteiger partial charge in [0.1, 0.15) is 11.6 Å². The van der Waals surface area contributed by atoms with E-state index >= 15 is 0 Å². The number of halogens is 2. The fourth-order valence-corrected chi connectivity index (χ4v) is 3.56. The van der Waals surface area contributed by atoms with E-state index in [9.17, 15) is 20.0 Å². The average molecular weight is 437 g/mol. The molecule has 1 aromatic carbocycles. The zero-order valence-corrected chi connectivity index (χ0v) is 18.0. The largest absolute Gasteiger partial charge is 0.494 e. The average Bonchev–Trinajstić information content (AvgIpc) is 2.68. The summed E-state index contributed by atoms with van der Waals surface area (Å²) in [5.74, 6) is -0.842. The third kappa shape index (κ3) is 4.75. The second-order valence-electron chi connectivity index (χ2n) is 6.68. The summed E-state index contributed by atoms with van der Waals surface area (Å²) in [6.07, 6.45) is 4.13. The van der Waals surface area contributed by atoms with Gasteiger partial charge in [0.25, 0.3) is 5.56 Å². The fourth-order valence-electron chi connectivity index (χ4n) is 2.96. The fraction of sp³-hybridized carbons (Fsp3) is 0.381. The summed E-state index contributed by atoms with van der Waals surface area (Å²) in [6.45, 7) is 4.01. The van der Waals surface area contributed by atoms with Gasteiger partial charge in [-0.1, -0.05) is 49.4 Å². The molecule has 0 fully saturated rings. The minimum Gasteiger partial charge on any atom is -0.494 e. The number of rotatable bonds is 8. The Balaban J connectivity index is 2.40. The predicted octanol–water partition coefficient (Wildman–Crippen LogP) is 4.77. The van der Waals surface area contributed by atoms with E-state index in [4.69, 9.17) is 27.9 Å². The second kappa shape index (κ2) is 9.82. The van der Waals surface area contributed by atoms with Gasteiger partial charge in [-0.2, -0.15) is 5.26 Å². The van der Waals surface area contributed by atoms with Crippen LogP contribution in [0.4, 0.5) is 0 Å². The van der Waals surface area contributed by atoms with E-state index in [1.807, 2.05) is 0 Å². The molecule has 0 atom stereocenters. The molecule has 6 nitrogen and oxygen atoms in total. The van der Waals surface area contributed by atoms with Crippen LogP contribution in [0.2, 0.25) is 10.0 Å². The number of aromatic hydroxyl groups is 1. The first-order chi connectivity index (χ1) is 13.7. The number of aromatic nitrogens is 1. The topological polar surface area (TPSA) is 92.3 Å². The summed E-state index contributed by atoms with van der Waals surface area (Å²) in [6, 6.07) is 4.57. The van der Waals surface area contributed by atoms with Crippen molar-refractivity contribution in [3.05, 3.63) is 54.8 Å². The number of carbonyl (C=O) groups excluding carboxylic acids is 1. The van der Waals surface area contributed by atoms with Gasteiger partial charge in [-0.25, -0.2) is 0 Å². The van der Waals surface area contributed by atoms with Crippen LogP contribution in [-0.4, -0.2) is 22.1 Å². The van der Waals surface area contributed by atoms with Crippen molar-refractivity contribution in [2.75, 3.05) is 6.61 Å². The molecule has 1 heterocycles. The molecule has 2 aromatic rings. The summed E-state index contributed by atoms with van der Waals surface area (Å²) in [7, 11) is 1.28. The lowest BCUT2D eigenvalue weighted by molar-refractivity contribution is 0.103. The molecule has 0 aliphatic carbocycles. The van der Waals surface area contributed by atoms with Crippen molar-refractivity contribution in [2.45, 2.75) is 39.5 Å². The van der Waals surface area contributed by atoms with E-state index in [0.717, 1.165) is 30.3 Å². The molecule has 0 saturated heterocycles. The molecule has 0 spiro atoms. The molecule has 0 unspecified atom stereocenters. The molecule has 1 aromatic heterocycles. The number of hydrogen-bond acceptors (Lipinski definition) is 5. The van der Waals surface area contributed by atoms with Crippen LogP contribution >= 0.6 is 23.2 Å². The minimum absolute atomic E-state index is 0.0987. The zero-order chi connectivity index (χ0) is 21.7. The number of carbonyl (C=O) groups is 1.